The van der Waals surface area contributed by atoms with Gasteiger partial charge in [-0.3, -0.25) is 14.9 Å². The predicted octanol–water partition coefficient (Wildman–Crippen LogP) is 4.55. The zero-order valence-corrected chi connectivity index (χ0v) is 19.0. The van der Waals surface area contributed by atoms with E-state index in [1.807, 2.05) is 41.8 Å². The minimum absolute atomic E-state index is 0.101. The third-order valence-electron chi connectivity index (χ3n) is 4.59. The van der Waals surface area contributed by atoms with Gasteiger partial charge >= 0.3 is 0 Å². The van der Waals surface area contributed by atoms with Crippen LogP contribution in [0.3, 0.4) is 0 Å². The molecular weight excluding hydrogens is 426 g/mol. The van der Waals surface area contributed by atoms with Crippen molar-refractivity contribution in [2.24, 2.45) is 0 Å². The van der Waals surface area contributed by atoms with Crippen molar-refractivity contribution >= 4 is 34.0 Å². The Morgan fingerprint density at radius 3 is 2.62 bits per heavy atom. The molecule has 0 spiro atoms. The van der Waals surface area contributed by atoms with E-state index in [2.05, 4.69) is 15.6 Å². The fourth-order valence-corrected chi connectivity index (χ4v) is 3.69. The molecule has 0 aliphatic rings. The second-order valence-corrected chi connectivity index (χ2v) is 8.13. The van der Waals surface area contributed by atoms with Gasteiger partial charge in [-0.15, -0.1) is 11.3 Å². The fraction of sp³-hybridized carbons (Fsp3) is 0.292. The first kappa shape index (κ1) is 23.4. The summed E-state index contributed by atoms with van der Waals surface area (Å²) in [5, 5.41) is 7.99. The van der Waals surface area contributed by atoms with E-state index >= 15 is 0 Å². The van der Waals surface area contributed by atoms with Crippen LogP contribution in [0.1, 0.15) is 34.8 Å². The van der Waals surface area contributed by atoms with E-state index in [1.54, 1.807) is 19.4 Å². The van der Waals surface area contributed by atoms with E-state index in [9.17, 15) is 9.59 Å². The van der Waals surface area contributed by atoms with E-state index in [0.717, 1.165) is 36.1 Å². The Labute approximate surface area is 191 Å². The van der Waals surface area contributed by atoms with E-state index in [-0.39, 0.29) is 11.8 Å². The normalized spacial score (nSPS) is 10.6. The van der Waals surface area contributed by atoms with Crippen LogP contribution in [-0.2, 0) is 22.4 Å². The monoisotopic (exact) mass is 453 g/mol. The van der Waals surface area contributed by atoms with Gasteiger partial charge in [0.25, 0.3) is 5.91 Å². The largest absolute Gasteiger partial charge is 0.493 e. The summed E-state index contributed by atoms with van der Waals surface area (Å²) in [4.78, 5) is 28.2. The van der Waals surface area contributed by atoms with Crippen LogP contribution in [-0.4, -0.2) is 37.1 Å². The van der Waals surface area contributed by atoms with Crippen LogP contribution < -0.4 is 15.4 Å². The third-order valence-corrected chi connectivity index (χ3v) is 5.28. The van der Waals surface area contributed by atoms with Crippen molar-refractivity contribution in [1.29, 1.82) is 0 Å². The zero-order chi connectivity index (χ0) is 22.8. The number of ether oxygens (including phenoxy) is 2. The van der Waals surface area contributed by atoms with Crippen LogP contribution in [0.2, 0.25) is 0 Å². The Morgan fingerprint density at radius 1 is 1.03 bits per heavy atom. The fourth-order valence-electron chi connectivity index (χ4n) is 3.16. The molecule has 0 radical (unpaired) electrons. The number of aromatic nitrogens is 1. The lowest BCUT2D eigenvalue weighted by Crippen LogP contribution is -2.13. The summed E-state index contributed by atoms with van der Waals surface area (Å²) in [7, 11) is 1.66. The van der Waals surface area contributed by atoms with Crippen LogP contribution in [0.5, 0.6) is 5.75 Å². The van der Waals surface area contributed by atoms with E-state index < -0.39 is 0 Å². The number of benzene rings is 2. The summed E-state index contributed by atoms with van der Waals surface area (Å²) in [6.07, 6.45) is 3.89. The van der Waals surface area contributed by atoms with Gasteiger partial charge in [-0.05, 0) is 54.3 Å². The van der Waals surface area contributed by atoms with Gasteiger partial charge in [0, 0.05) is 49.9 Å². The van der Waals surface area contributed by atoms with E-state index in [4.69, 9.17) is 9.47 Å². The van der Waals surface area contributed by atoms with Crippen molar-refractivity contribution < 1.29 is 19.1 Å². The van der Waals surface area contributed by atoms with Crippen molar-refractivity contribution in [3.05, 3.63) is 70.7 Å². The minimum Gasteiger partial charge on any atom is -0.493 e. The molecule has 168 valence electrons. The Balaban J connectivity index is 1.74. The Morgan fingerprint density at radius 2 is 1.88 bits per heavy atom. The first-order chi connectivity index (χ1) is 15.5. The topological polar surface area (TPSA) is 89.5 Å². The van der Waals surface area contributed by atoms with Crippen molar-refractivity contribution in [3.8, 4) is 5.75 Å². The van der Waals surface area contributed by atoms with Gasteiger partial charge < -0.3 is 14.8 Å². The van der Waals surface area contributed by atoms with Gasteiger partial charge in [0.15, 0.2) is 5.13 Å². The molecule has 2 N–H and O–H groups in total. The highest BCUT2D eigenvalue weighted by molar-refractivity contribution is 7.13. The van der Waals surface area contributed by atoms with E-state index in [0.29, 0.717) is 29.7 Å². The maximum absolute atomic E-state index is 12.8. The SMILES string of the molecule is COCCCOc1cc(CCc2cccc(NC(C)=O)c2)cc(C(=O)Nc2nccs2)c1. The molecule has 1 aromatic heterocycles. The van der Waals surface area contributed by atoms with Crippen molar-refractivity contribution in [1.82, 2.24) is 4.98 Å². The summed E-state index contributed by atoms with van der Waals surface area (Å²) < 4.78 is 10.9. The van der Waals surface area contributed by atoms with Crippen molar-refractivity contribution in [3.63, 3.8) is 0 Å². The van der Waals surface area contributed by atoms with Crippen LogP contribution in [0, 0.1) is 0 Å². The van der Waals surface area contributed by atoms with Gasteiger partial charge in [-0.1, -0.05) is 12.1 Å². The van der Waals surface area contributed by atoms with Crippen LogP contribution in [0.4, 0.5) is 10.8 Å². The van der Waals surface area contributed by atoms with Crippen LogP contribution >= 0.6 is 11.3 Å². The molecular formula is C24H27N3O4S. The molecule has 32 heavy (non-hydrogen) atoms. The summed E-state index contributed by atoms with van der Waals surface area (Å²) in [6.45, 7) is 2.61. The summed E-state index contributed by atoms with van der Waals surface area (Å²) in [5.41, 5.74) is 3.38. The average Bonchev–Trinajstić information content (AvgIpc) is 3.28. The molecule has 0 fully saturated rings. The van der Waals surface area contributed by atoms with Crippen LogP contribution in [0.25, 0.3) is 0 Å². The Hall–Kier alpha value is -3.23. The number of methoxy groups -OCH3 is 1. The lowest BCUT2D eigenvalue weighted by Gasteiger charge is -2.12. The molecule has 0 unspecified atom stereocenters. The number of carbonyl (C=O) groups excluding carboxylic acids is 2. The predicted molar refractivity (Wildman–Crippen MR) is 127 cm³/mol. The maximum atomic E-state index is 12.8. The molecule has 3 aromatic rings. The highest BCUT2D eigenvalue weighted by Gasteiger charge is 2.12. The average molecular weight is 454 g/mol. The molecule has 3 rings (SSSR count). The molecule has 8 heteroatoms. The first-order valence-corrected chi connectivity index (χ1v) is 11.2. The van der Waals surface area contributed by atoms with Gasteiger partial charge in [0.05, 0.1) is 6.61 Å². The summed E-state index contributed by atoms with van der Waals surface area (Å²) in [6, 6.07) is 13.3. The smallest absolute Gasteiger partial charge is 0.257 e. The number of anilines is 2. The lowest BCUT2D eigenvalue weighted by atomic mass is 10.0. The number of hydrogen-bond acceptors (Lipinski definition) is 6. The van der Waals surface area contributed by atoms with Gasteiger partial charge in [-0.25, -0.2) is 4.98 Å². The maximum Gasteiger partial charge on any atom is 0.257 e. The number of hydrogen-bond donors (Lipinski definition) is 2. The standard InChI is InChI=1S/C24H27N3O4S/c1-17(28)26-21-6-3-5-18(14-21)7-8-19-13-20(23(29)27-24-25-9-12-32-24)16-22(15-19)31-11-4-10-30-2/h3,5-6,9,12-16H,4,7-8,10-11H2,1-2H3,(H,26,28)(H,25,27,29). The lowest BCUT2D eigenvalue weighted by molar-refractivity contribution is -0.114. The van der Waals surface area contributed by atoms with E-state index in [1.165, 1.54) is 18.3 Å². The number of rotatable bonds is 11. The molecule has 7 nitrogen and oxygen atoms in total. The van der Waals surface area contributed by atoms with Crippen molar-refractivity contribution in [2.45, 2.75) is 26.2 Å². The van der Waals surface area contributed by atoms with Gasteiger partial charge in [0.1, 0.15) is 5.75 Å². The molecule has 0 atom stereocenters. The Bertz CT molecular complexity index is 1040. The molecule has 2 aromatic carbocycles. The molecule has 0 bridgehead atoms. The molecule has 0 saturated heterocycles. The second kappa shape index (κ2) is 12.0. The molecule has 1 heterocycles. The summed E-state index contributed by atoms with van der Waals surface area (Å²) in [5.74, 6) is 0.322. The number of amides is 2. The van der Waals surface area contributed by atoms with Crippen molar-refractivity contribution in [2.75, 3.05) is 31.0 Å². The second-order valence-electron chi connectivity index (χ2n) is 7.23. The first-order valence-electron chi connectivity index (χ1n) is 10.4. The molecule has 0 saturated carbocycles. The number of aryl methyl sites for hydroxylation is 2. The van der Waals surface area contributed by atoms with Gasteiger partial charge in [0.2, 0.25) is 5.91 Å². The molecule has 2 amide bonds. The number of nitrogens with one attached hydrogen (secondary N) is 2. The third kappa shape index (κ3) is 7.47. The zero-order valence-electron chi connectivity index (χ0n) is 18.2. The van der Waals surface area contributed by atoms with Crippen LogP contribution in [0.15, 0.2) is 54.0 Å². The Kier molecular flexibility index (Phi) is 8.77. The minimum atomic E-state index is -0.226. The molecule has 0 aliphatic carbocycles. The number of thiazole rings is 1. The quantitative estimate of drug-likeness (QED) is 0.416. The number of carbonyl (C=O) groups is 2. The highest BCUT2D eigenvalue weighted by atomic mass is 32.1. The summed E-state index contributed by atoms with van der Waals surface area (Å²) >= 11 is 1.37. The highest BCUT2D eigenvalue weighted by Crippen LogP contribution is 2.22. The van der Waals surface area contributed by atoms with Gasteiger partial charge in [-0.2, -0.15) is 0 Å². The molecule has 0 aliphatic heterocycles. The number of nitrogens with zero attached hydrogens (tertiary/aromatic N) is 1.